The molecule has 0 saturated carbocycles. The third kappa shape index (κ3) is 7.31. The Morgan fingerprint density at radius 3 is 2.46 bits per heavy atom. The summed E-state index contributed by atoms with van der Waals surface area (Å²) in [5, 5.41) is 21.3. The van der Waals surface area contributed by atoms with Crippen LogP contribution in [0, 0.1) is 0 Å². The Balaban J connectivity index is 1.77. The number of aromatic carboxylic acids is 1. The average Bonchev–Trinajstić information content (AvgIpc) is 2.64. The van der Waals surface area contributed by atoms with Crippen LogP contribution in [0.1, 0.15) is 34.8 Å². The summed E-state index contributed by atoms with van der Waals surface area (Å²) < 4.78 is 0. The number of aliphatic hydroxyl groups excluding tert-OH is 1. The summed E-state index contributed by atoms with van der Waals surface area (Å²) in [7, 11) is 0. The third-order valence-electron chi connectivity index (χ3n) is 4.35. The maximum absolute atomic E-state index is 11.8. The number of nitrogens with one attached hydrogen (secondary N) is 1. The molecule has 0 saturated heterocycles. The van der Waals surface area contributed by atoms with Gasteiger partial charge in [0.25, 0.3) is 0 Å². The Labute approximate surface area is 169 Å². The summed E-state index contributed by atoms with van der Waals surface area (Å²) in [4.78, 5) is 22.7. The SMILES string of the molecule is CC(=O)N(CCc1ccc(C(=O)O)cc1)NCCC(O)Cc1cccc(Cl)c1. The van der Waals surface area contributed by atoms with E-state index in [0.29, 0.717) is 37.4 Å². The summed E-state index contributed by atoms with van der Waals surface area (Å²) in [6.07, 6.45) is 1.04. The van der Waals surface area contributed by atoms with Crippen LogP contribution in [0.25, 0.3) is 0 Å². The molecular formula is C21H25ClN2O4. The molecule has 1 unspecified atom stereocenters. The Morgan fingerprint density at radius 1 is 1.14 bits per heavy atom. The maximum atomic E-state index is 11.8. The van der Waals surface area contributed by atoms with Crippen LogP contribution < -0.4 is 5.43 Å². The molecule has 0 aliphatic heterocycles. The highest BCUT2D eigenvalue weighted by atomic mass is 35.5. The first-order chi connectivity index (χ1) is 13.3. The third-order valence-corrected chi connectivity index (χ3v) is 4.58. The molecular weight excluding hydrogens is 380 g/mol. The van der Waals surface area contributed by atoms with Crippen LogP contribution in [0.4, 0.5) is 0 Å². The first-order valence-corrected chi connectivity index (χ1v) is 9.49. The van der Waals surface area contributed by atoms with E-state index in [0.717, 1.165) is 11.1 Å². The largest absolute Gasteiger partial charge is 0.478 e. The van der Waals surface area contributed by atoms with E-state index in [9.17, 15) is 14.7 Å². The Hall–Kier alpha value is -2.41. The number of amides is 1. The van der Waals surface area contributed by atoms with E-state index in [-0.39, 0.29) is 11.5 Å². The van der Waals surface area contributed by atoms with Gasteiger partial charge in [-0.2, -0.15) is 0 Å². The fraction of sp³-hybridized carbons (Fsp3) is 0.333. The van der Waals surface area contributed by atoms with Crippen molar-refractivity contribution in [2.75, 3.05) is 13.1 Å². The van der Waals surface area contributed by atoms with Crippen LogP contribution in [-0.4, -0.2) is 46.3 Å². The fourth-order valence-corrected chi connectivity index (χ4v) is 3.02. The van der Waals surface area contributed by atoms with Crippen LogP contribution >= 0.6 is 11.6 Å². The van der Waals surface area contributed by atoms with Gasteiger partial charge in [0.2, 0.25) is 5.91 Å². The van der Waals surface area contributed by atoms with Gasteiger partial charge in [0.1, 0.15) is 0 Å². The van der Waals surface area contributed by atoms with E-state index in [1.165, 1.54) is 11.9 Å². The number of hydrogen-bond acceptors (Lipinski definition) is 4. The van der Waals surface area contributed by atoms with Gasteiger partial charge in [-0.1, -0.05) is 35.9 Å². The predicted octanol–water partition coefficient (Wildman–Crippen LogP) is 2.93. The Morgan fingerprint density at radius 2 is 1.86 bits per heavy atom. The van der Waals surface area contributed by atoms with E-state index < -0.39 is 12.1 Å². The number of rotatable bonds is 10. The molecule has 0 bridgehead atoms. The molecule has 0 heterocycles. The zero-order valence-corrected chi connectivity index (χ0v) is 16.5. The number of carboxylic acid groups (broad SMARTS) is 1. The molecule has 0 aromatic heterocycles. The fourth-order valence-electron chi connectivity index (χ4n) is 2.81. The minimum Gasteiger partial charge on any atom is -0.478 e. The van der Waals surface area contributed by atoms with Gasteiger partial charge < -0.3 is 10.2 Å². The van der Waals surface area contributed by atoms with E-state index in [1.54, 1.807) is 30.3 Å². The number of carbonyl (C=O) groups is 2. The van der Waals surface area contributed by atoms with Crippen LogP contribution in [0.15, 0.2) is 48.5 Å². The second-order valence-electron chi connectivity index (χ2n) is 6.61. The van der Waals surface area contributed by atoms with Gasteiger partial charge in [-0.05, 0) is 54.7 Å². The van der Waals surface area contributed by atoms with Crippen LogP contribution in [-0.2, 0) is 17.6 Å². The van der Waals surface area contributed by atoms with Crippen molar-refractivity contribution in [3.8, 4) is 0 Å². The molecule has 28 heavy (non-hydrogen) atoms. The minimum absolute atomic E-state index is 0.119. The van der Waals surface area contributed by atoms with Crippen molar-refractivity contribution in [1.29, 1.82) is 0 Å². The number of benzene rings is 2. The van der Waals surface area contributed by atoms with Crippen LogP contribution in [0.3, 0.4) is 0 Å². The summed E-state index contributed by atoms with van der Waals surface area (Å²) in [6, 6.07) is 14.0. The van der Waals surface area contributed by atoms with Crippen LogP contribution in [0.2, 0.25) is 5.02 Å². The summed E-state index contributed by atoms with van der Waals surface area (Å²) in [5.74, 6) is -1.08. The summed E-state index contributed by atoms with van der Waals surface area (Å²) in [5.41, 5.74) is 5.20. The highest BCUT2D eigenvalue weighted by Crippen LogP contribution is 2.13. The van der Waals surface area contributed by atoms with Gasteiger partial charge >= 0.3 is 5.97 Å². The van der Waals surface area contributed by atoms with Gasteiger partial charge in [-0.3, -0.25) is 9.80 Å². The number of halogens is 1. The number of hydrogen-bond donors (Lipinski definition) is 3. The summed E-state index contributed by atoms with van der Waals surface area (Å²) >= 11 is 5.95. The monoisotopic (exact) mass is 404 g/mol. The van der Waals surface area contributed by atoms with Crippen LogP contribution in [0.5, 0.6) is 0 Å². The molecule has 2 aromatic rings. The molecule has 2 rings (SSSR count). The first kappa shape index (κ1) is 21.9. The predicted molar refractivity (Wildman–Crippen MR) is 108 cm³/mol. The lowest BCUT2D eigenvalue weighted by Crippen LogP contribution is -2.44. The molecule has 6 nitrogen and oxygen atoms in total. The smallest absolute Gasteiger partial charge is 0.335 e. The average molecular weight is 405 g/mol. The summed E-state index contributed by atoms with van der Waals surface area (Å²) in [6.45, 7) is 2.38. The topological polar surface area (TPSA) is 89.9 Å². The second-order valence-corrected chi connectivity index (χ2v) is 7.04. The van der Waals surface area contributed by atoms with Crippen molar-refractivity contribution in [1.82, 2.24) is 10.4 Å². The zero-order valence-electron chi connectivity index (χ0n) is 15.8. The van der Waals surface area contributed by atoms with Crippen molar-refractivity contribution in [3.05, 3.63) is 70.2 Å². The van der Waals surface area contributed by atoms with Gasteiger partial charge in [-0.15, -0.1) is 0 Å². The van der Waals surface area contributed by atoms with Crippen molar-refractivity contribution in [3.63, 3.8) is 0 Å². The lowest BCUT2D eigenvalue weighted by Gasteiger charge is -2.23. The van der Waals surface area contributed by atoms with Gasteiger partial charge in [0, 0.05) is 25.0 Å². The molecule has 0 aliphatic rings. The van der Waals surface area contributed by atoms with Gasteiger partial charge in [0.05, 0.1) is 11.7 Å². The van der Waals surface area contributed by atoms with Crippen molar-refractivity contribution >= 4 is 23.5 Å². The van der Waals surface area contributed by atoms with E-state index in [4.69, 9.17) is 16.7 Å². The van der Waals surface area contributed by atoms with Crippen molar-refractivity contribution in [2.24, 2.45) is 0 Å². The molecule has 0 fully saturated rings. The number of nitrogens with zero attached hydrogens (tertiary/aromatic N) is 1. The van der Waals surface area contributed by atoms with E-state index in [2.05, 4.69) is 5.43 Å². The Kier molecular flexibility index (Phi) is 8.44. The number of carboxylic acids is 1. The lowest BCUT2D eigenvalue weighted by atomic mass is 10.1. The molecule has 150 valence electrons. The Bertz CT molecular complexity index is 795. The maximum Gasteiger partial charge on any atom is 0.335 e. The number of aliphatic hydroxyl groups is 1. The molecule has 0 radical (unpaired) electrons. The molecule has 0 spiro atoms. The van der Waals surface area contributed by atoms with E-state index >= 15 is 0 Å². The molecule has 7 heteroatoms. The molecule has 0 aliphatic carbocycles. The molecule has 1 atom stereocenters. The first-order valence-electron chi connectivity index (χ1n) is 9.11. The second kappa shape index (κ2) is 10.8. The minimum atomic E-state index is -0.963. The van der Waals surface area contributed by atoms with Crippen molar-refractivity contribution < 1.29 is 19.8 Å². The number of hydrazine groups is 1. The van der Waals surface area contributed by atoms with Gasteiger partial charge in [-0.25, -0.2) is 10.2 Å². The van der Waals surface area contributed by atoms with Gasteiger partial charge in [0.15, 0.2) is 0 Å². The van der Waals surface area contributed by atoms with Crippen molar-refractivity contribution in [2.45, 2.75) is 32.3 Å². The normalized spacial score (nSPS) is 11.8. The molecule has 3 N–H and O–H groups in total. The quantitative estimate of drug-likeness (QED) is 0.530. The molecule has 2 aromatic carbocycles. The highest BCUT2D eigenvalue weighted by Gasteiger charge is 2.11. The molecule has 1 amide bonds. The highest BCUT2D eigenvalue weighted by molar-refractivity contribution is 6.30. The van der Waals surface area contributed by atoms with E-state index in [1.807, 2.05) is 18.2 Å². The zero-order chi connectivity index (χ0) is 20.5. The standard InChI is InChI=1S/C21H25ClN2O4/c1-15(25)24(12-10-16-5-7-18(8-6-16)21(27)28)23-11-9-20(26)14-17-3-2-4-19(22)13-17/h2-8,13,20,23,26H,9-12,14H2,1H3,(H,27,28). The number of carbonyl (C=O) groups excluding carboxylic acids is 1. The lowest BCUT2D eigenvalue weighted by molar-refractivity contribution is -0.132.